The maximum atomic E-state index is 12.7. The summed E-state index contributed by atoms with van der Waals surface area (Å²) in [7, 11) is -3.32. The maximum absolute atomic E-state index is 12.7. The van der Waals surface area contributed by atoms with Gasteiger partial charge in [-0.3, -0.25) is 4.79 Å². The predicted molar refractivity (Wildman–Crippen MR) is 79.5 cm³/mol. The summed E-state index contributed by atoms with van der Waals surface area (Å²) in [6, 6.07) is -0.0971. The van der Waals surface area contributed by atoms with Crippen molar-refractivity contribution >= 4 is 15.8 Å². The maximum Gasteiger partial charge on any atom is 0.216 e. The first-order valence-electron chi connectivity index (χ1n) is 8.22. The number of carbonyl (C=O) groups is 1. The van der Waals surface area contributed by atoms with E-state index in [4.69, 9.17) is 4.74 Å². The highest BCUT2D eigenvalue weighted by molar-refractivity contribution is 7.89. The Kier molecular flexibility index (Phi) is 4.66. The van der Waals surface area contributed by atoms with Crippen LogP contribution in [0, 0.1) is 5.92 Å². The van der Waals surface area contributed by atoms with Crippen molar-refractivity contribution in [3.63, 3.8) is 0 Å². The Balaban J connectivity index is 1.74. The Morgan fingerprint density at radius 2 is 1.95 bits per heavy atom. The fraction of sp³-hybridized carbons (Fsp3) is 0.933. The second-order valence-corrected chi connectivity index (χ2v) is 8.52. The van der Waals surface area contributed by atoms with E-state index in [1.54, 1.807) is 4.31 Å². The second-order valence-electron chi connectivity index (χ2n) is 6.55. The van der Waals surface area contributed by atoms with E-state index >= 15 is 0 Å². The SMILES string of the molecule is O=C1CCCC1C1CCCCN1S(=O)(=O)CC1CCCO1. The summed E-state index contributed by atoms with van der Waals surface area (Å²) in [5, 5.41) is 0. The Labute approximate surface area is 127 Å². The highest BCUT2D eigenvalue weighted by Gasteiger charge is 2.42. The number of sulfonamides is 1. The van der Waals surface area contributed by atoms with Crippen LogP contribution in [-0.2, 0) is 19.6 Å². The fourth-order valence-corrected chi connectivity index (χ4v) is 6.03. The van der Waals surface area contributed by atoms with E-state index in [1.165, 1.54) is 0 Å². The van der Waals surface area contributed by atoms with E-state index in [2.05, 4.69) is 0 Å². The summed E-state index contributed by atoms with van der Waals surface area (Å²) >= 11 is 0. The van der Waals surface area contributed by atoms with Crippen molar-refractivity contribution in [2.75, 3.05) is 18.9 Å². The Bertz CT molecular complexity index is 484. The van der Waals surface area contributed by atoms with Crippen molar-refractivity contribution in [1.29, 1.82) is 0 Å². The van der Waals surface area contributed by atoms with Gasteiger partial charge in [0.2, 0.25) is 10.0 Å². The minimum absolute atomic E-state index is 0.0652. The molecule has 2 saturated heterocycles. The zero-order chi connectivity index (χ0) is 14.9. The molecule has 3 rings (SSSR count). The molecule has 0 bridgehead atoms. The van der Waals surface area contributed by atoms with Crippen LogP contribution in [0.1, 0.15) is 51.4 Å². The lowest BCUT2D eigenvalue weighted by Gasteiger charge is -2.38. The number of piperidine rings is 1. The van der Waals surface area contributed by atoms with Crippen LogP contribution in [-0.4, -0.2) is 49.6 Å². The highest BCUT2D eigenvalue weighted by atomic mass is 32.2. The first-order chi connectivity index (χ1) is 10.1. The summed E-state index contributed by atoms with van der Waals surface area (Å²) in [5.74, 6) is 0.286. The van der Waals surface area contributed by atoms with E-state index in [9.17, 15) is 13.2 Å². The van der Waals surface area contributed by atoms with E-state index in [0.29, 0.717) is 19.6 Å². The van der Waals surface area contributed by atoms with Crippen molar-refractivity contribution in [1.82, 2.24) is 4.31 Å². The standard InChI is InChI=1S/C15H25NO4S/c17-15-8-3-6-13(15)14-7-1-2-9-16(14)21(18,19)11-12-5-4-10-20-12/h12-14H,1-11H2. The van der Waals surface area contributed by atoms with Crippen LogP contribution in [0.2, 0.25) is 0 Å². The molecular weight excluding hydrogens is 290 g/mol. The third kappa shape index (κ3) is 3.32. The number of nitrogens with zero attached hydrogens (tertiary/aromatic N) is 1. The molecule has 21 heavy (non-hydrogen) atoms. The van der Waals surface area contributed by atoms with Crippen LogP contribution in [0.4, 0.5) is 0 Å². The molecule has 0 aromatic heterocycles. The third-order valence-electron chi connectivity index (χ3n) is 5.09. The molecule has 0 amide bonds. The minimum Gasteiger partial charge on any atom is -0.377 e. The summed E-state index contributed by atoms with van der Waals surface area (Å²) in [6.45, 7) is 1.24. The lowest BCUT2D eigenvalue weighted by Crippen LogP contribution is -2.50. The van der Waals surface area contributed by atoms with Gasteiger partial charge in [0.1, 0.15) is 5.78 Å². The number of hydrogen-bond donors (Lipinski definition) is 0. The zero-order valence-electron chi connectivity index (χ0n) is 12.5. The van der Waals surface area contributed by atoms with Gasteiger partial charge in [0.05, 0.1) is 11.9 Å². The van der Waals surface area contributed by atoms with Crippen molar-refractivity contribution in [3.05, 3.63) is 0 Å². The number of Topliss-reactive ketones (excluding diaryl/α,β-unsaturated/α-hetero) is 1. The number of rotatable bonds is 4. The van der Waals surface area contributed by atoms with E-state index in [-0.39, 0.29) is 29.6 Å². The Hall–Kier alpha value is -0.460. The van der Waals surface area contributed by atoms with Gasteiger partial charge in [-0.2, -0.15) is 4.31 Å². The van der Waals surface area contributed by atoms with Gasteiger partial charge in [-0.15, -0.1) is 0 Å². The van der Waals surface area contributed by atoms with Crippen LogP contribution in [0.5, 0.6) is 0 Å². The lowest BCUT2D eigenvalue weighted by molar-refractivity contribution is -0.122. The van der Waals surface area contributed by atoms with Gasteiger partial charge in [0, 0.05) is 31.5 Å². The van der Waals surface area contributed by atoms with Crippen molar-refractivity contribution in [2.24, 2.45) is 5.92 Å². The molecule has 0 N–H and O–H groups in total. The Morgan fingerprint density at radius 3 is 2.62 bits per heavy atom. The highest BCUT2D eigenvalue weighted by Crippen LogP contribution is 2.34. The van der Waals surface area contributed by atoms with Gasteiger partial charge in [-0.1, -0.05) is 6.42 Å². The average Bonchev–Trinajstić information content (AvgIpc) is 3.10. The molecular formula is C15H25NO4S. The first-order valence-corrected chi connectivity index (χ1v) is 9.83. The van der Waals surface area contributed by atoms with E-state index < -0.39 is 10.0 Å². The molecule has 3 aliphatic rings. The molecule has 6 heteroatoms. The molecule has 2 aliphatic heterocycles. The fourth-order valence-electron chi connectivity index (χ4n) is 4.03. The quantitative estimate of drug-likeness (QED) is 0.792. The monoisotopic (exact) mass is 315 g/mol. The smallest absolute Gasteiger partial charge is 0.216 e. The lowest BCUT2D eigenvalue weighted by atomic mass is 9.90. The topological polar surface area (TPSA) is 63.7 Å². The molecule has 3 unspecified atom stereocenters. The van der Waals surface area contributed by atoms with Gasteiger partial charge in [-0.05, 0) is 38.5 Å². The summed E-state index contributed by atoms with van der Waals surface area (Å²) in [6.07, 6.45) is 6.79. The van der Waals surface area contributed by atoms with Crippen LogP contribution in [0.3, 0.4) is 0 Å². The first kappa shape index (κ1) is 15.4. The zero-order valence-corrected chi connectivity index (χ0v) is 13.3. The molecule has 1 aliphatic carbocycles. The average molecular weight is 315 g/mol. The molecule has 2 heterocycles. The van der Waals surface area contributed by atoms with Gasteiger partial charge in [0.25, 0.3) is 0 Å². The number of hydrogen-bond acceptors (Lipinski definition) is 4. The number of carbonyl (C=O) groups excluding carboxylic acids is 1. The van der Waals surface area contributed by atoms with Crippen LogP contribution >= 0.6 is 0 Å². The van der Waals surface area contributed by atoms with Gasteiger partial charge >= 0.3 is 0 Å². The van der Waals surface area contributed by atoms with Gasteiger partial charge in [0.15, 0.2) is 0 Å². The molecule has 0 aromatic carbocycles. The van der Waals surface area contributed by atoms with Crippen LogP contribution in [0.25, 0.3) is 0 Å². The Morgan fingerprint density at radius 1 is 1.10 bits per heavy atom. The molecule has 3 fully saturated rings. The number of ketones is 1. The second kappa shape index (κ2) is 6.34. The van der Waals surface area contributed by atoms with Crippen molar-refractivity contribution in [3.8, 4) is 0 Å². The summed E-state index contributed by atoms with van der Waals surface area (Å²) in [5.41, 5.74) is 0. The third-order valence-corrected chi connectivity index (χ3v) is 7.05. The van der Waals surface area contributed by atoms with Crippen molar-refractivity contribution < 1.29 is 17.9 Å². The molecule has 1 saturated carbocycles. The van der Waals surface area contributed by atoms with Gasteiger partial charge in [-0.25, -0.2) is 8.42 Å². The number of ether oxygens (including phenoxy) is 1. The molecule has 0 aromatic rings. The van der Waals surface area contributed by atoms with Crippen molar-refractivity contribution in [2.45, 2.75) is 63.5 Å². The summed E-state index contributed by atoms with van der Waals surface area (Å²) < 4.78 is 32.6. The normalized spacial score (nSPS) is 35.4. The minimum atomic E-state index is -3.32. The predicted octanol–water partition coefficient (Wildman–Crippen LogP) is 1.72. The van der Waals surface area contributed by atoms with Crippen LogP contribution < -0.4 is 0 Å². The molecule has 0 radical (unpaired) electrons. The largest absolute Gasteiger partial charge is 0.377 e. The van der Waals surface area contributed by atoms with E-state index in [0.717, 1.165) is 44.9 Å². The summed E-state index contributed by atoms with van der Waals surface area (Å²) in [4.78, 5) is 12.0. The molecule has 3 atom stereocenters. The molecule has 0 spiro atoms. The molecule has 120 valence electrons. The van der Waals surface area contributed by atoms with Gasteiger partial charge < -0.3 is 4.74 Å². The molecule has 5 nitrogen and oxygen atoms in total. The van der Waals surface area contributed by atoms with E-state index in [1.807, 2.05) is 0 Å². The van der Waals surface area contributed by atoms with Crippen LogP contribution in [0.15, 0.2) is 0 Å².